The molecule has 0 saturated carbocycles. The Kier molecular flexibility index (Phi) is 4.31. The minimum absolute atomic E-state index is 0.116. The fraction of sp³-hybridized carbons (Fsp3) is 0.500. The van der Waals surface area contributed by atoms with Crippen LogP contribution in [0.1, 0.15) is 35.0 Å². The van der Waals surface area contributed by atoms with E-state index in [-0.39, 0.29) is 5.91 Å². The van der Waals surface area contributed by atoms with Crippen LogP contribution in [-0.2, 0) is 19.6 Å². The number of imidazole rings is 1. The highest BCUT2D eigenvalue weighted by Gasteiger charge is 2.25. The highest BCUT2D eigenvalue weighted by Crippen LogP contribution is 2.19. The van der Waals surface area contributed by atoms with Crippen LogP contribution in [0.5, 0.6) is 0 Å². The summed E-state index contributed by atoms with van der Waals surface area (Å²) in [6, 6.07) is 4.31. The van der Waals surface area contributed by atoms with Crippen LogP contribution in [0.4, 0.5) is 0 Å². The van der Waals surface area contributed by atoms with Crippen molar-refractivity contribution in [2.75, 3.05) is 13.6 Å². The molecule has 5 nitrogen and oxygen atoms in total. The Morgan fingerprint density at radius 2 is 2.27 bits per heavy atom. The molecule has 22 heavy (non-hydrogen) atoms. The highest BCUT2D eigenvalue weighted by molar-refractivity contribution is 7.12. The van der Waals surface area contributed by atoms with E-state index in [1.807, 2.05) is 28.6 Å². The quantitative estimate of drug-likeness (QED) is 0.869. The van der Waals surface area contributed by atoms with Crippen molar-refractivity contribution in [1.82, 2.24) is 19.4 Å². The minimum atomic E-state index is 0.116. The van der Waals surface area contributed by atoms with Crippen molar-refractivity contribution in [3.8, 4) is 0 Å². The monoisotopic (exact) mass is 318 g/mol. The van der Waals surface area contributed by atoms with Gasteiger partial charge in [-0.1, -0.05) is 6.07 Å². The highest BCUT2D eigenvalue weighted by atomic mass is 32.1. The zero-order chi connectivity index (χ0) is 15.7. The van der Waals surface area contributed by atoms with Crippen LogP contribution < -0.4 is 0 Å². The van der Waals surface area contributed by atoms with E-state index in [0.717, 1.165) is 30.3 Å². The molecular weight excluding hydrogens is 296 g/mol. The van der Waals surface area contributed by atoms with Gasteiger partial charge in [-0.15, -0.1) is 11.3 Å². The van der Waals surface area contributed by atoms with E-state index >= 15 is 0 Å². The first kappa shape index (κ1) is 15.2. The fourth-order valence-electron chi connectivity index (χ4n) is 2.62. The number of aromatic nitrogens is 2. The van der Waals surface area contributed by atoms with Crippen molar-refractivity contribution in [3.63, 3.8) is 0 Å². The molecule has 1 aliphatic rings. The summed E-state index contributed by atoms with van der Waals surface area (Å²) in [5.41, 5.74) is 1.23. The molecule has 0 radical (unpaired) electrons. The van der Waals surface area contributed by atoms with Crippen molar-refractivity contribution in [2.24, 2.45) is 0 Å². The van der Waals surface area contributed by atoms with E-state index in [0.29, 0.717) is 12.6 Å². The molecule has 118 valence electrons. The second kappa shape index (κ2) is 6.22. The molecule has 0 aliphatic carbocycles. The number of carbonyl (C=O) groups excluding carboxylic acids is 1. The van der Waals surface area contributed by atoms with Gasteiger partial charge in [-0.25, -0.2) is 4.98 Å². The second-order valence-electron chi connectivity index (χ2n) is 6.03. The second-order valence-corrected chi connectivity index (χ2v) is 6.98. The first-order valence-electron chi connectivity index (χ1n) is 7.62. The van der Waals surface area contributed by atoms with E-state index in [1.54, 1.807) is 0 Å². The summed E-state index contributed by atoms with van der Waals surface area (Å²) < 4.78 is 2.26. The van der Waals surface area contributed by atoms with Gasteiger partial charge in [0.1, 0.15) is 5.82 Å². The van der Waals surface area contributed by atoms with E-state index in [4.69, 9.17) is 0 Å². The predicted molar refractivity (Wildman–Crippen MR) is 87.9 cm³/mol. The topological polar surface area (TPSA) is 41.4 Å². The van der Waals surface area contributed by atoms with Crippen LogP contribution in [0, 0.1) is 0 Å². The molecule has 1 amide bonds. The van der Waals surface area contributed by atoms with E-state index < -0.39 is 0 Å². The van der Waals surface area contributed by atoms with Gasteiger partial charge in [0, 0.05) is 31.9 Å². The van der Waals surface area contributed by atoms with Crippen molar-refractivity contribution < 1.29 is 4.79 Å². The maximum atomic E-state index is 12.4. The van der Waals surface area contributed by atoms with Gasteiger partial charge < -0.3 is 9.47 Å². The van der Waals surface area contributed by atoms with Crippen LogP contribution in [0.2, 0.25) is 0 Å². The lowest BCUT2D eigenvalue weighted by Gasteiger charge is -2.29. The van der Waals surface area contributed by atoms with Gasteiger partial charge >= 0.3 is 0 Å². The predicted octanol–water partition coefficient (Wildman–Crippen LogP) is 2.44. The van der Waals surface area contributed by atoms with Crippen LogP contribution >= 0.6 is 11.3 Å². The summed E-state index contributed by atoms with van der Waals surface area (Å²) in [5, 5.41) is 1.94. The lowest BCUT2D eigenvalue weighted by molar-refractivity contribution is 0.0710. The molecule has 3 rings (SSSR count). The smallest absolute Gasteiger partial charge is 0.264 e. The lowest BCUT2D eigenvalue weighted by Crippen LogP contribution is -2.39. The molecule has 0 fully saturated rings. The Hall–Kier alpha value is -1.66. The minimum Gasteiger partial charge on any atom is -0.329 e. The fourth-order valence-corrected chi connectivity index (χ4v) is 3.31. The first-order valence-corrected chi connectivity index (χ1v) is 8.50. The molecule has 6 heteroatoms. The van der Waals surface area contributed by atoms with Crippen molar-refractivity contribution in [2.45, 2.75) is 39.5 Å². The number of rotatable bonds is 4. The average Bonchev–Trinajstić information content (AvgIpc) is 3.16. The number of hydrogen-bond donors (Lipinski definition) is 0. The summed E-state index contributed by atoms with van der Waals surface area (Å²) in [7, 11) is 2.13. The molecule has 0 N–H and O–H groups in total. The molecule has 2 aromatic heterocycles. The van der Waals surface area contributed by atoms with Gasteiger partial charge in [-0.3, -0.25) is 9.69 Å². The Labute approximate surface area is 135 Å². The maximum Gasteiger partial charge on any atom is 0.264 e. The van der Waals surface area contributed by atoms with Crippen molar-refractivity contribution in [3.05, 3.63) is 40.1 Å². The van der Waals surface area contributed by atoms with Crippen LogP contribution in [0.25, 0.3) is 0 Å². The van der Waals surface area contributed by atoms with Crippen molar-refractivity contribution >= 4 is 17.2 Å². The maximum absolute atomic E-state index is 12.4. The lowest BCUT2D eigenvalue weighted by atomic mass is 10.3. The van der Waals surface area contributed by atoms with Crippen molar-refractivity contribution in [1.29, 1.82) is 0 Å². The summed E-state index contributed by atoms with van der Waals surface area (Å²) in [6.45, 7) is 7.45. The number of fused-ring (bicyclic) bond motifs is 1. The zero-order valence-corrected chi connectivity index (χ0v) is 14.1. The van der Waals surface area contributed by atoms with Gasteiger partial charge in [0.05, 0.1) is 17.1 Å². The summed E-state index contributed by atoms with van der Waals surface area (Å²) in [6.07, 6.45) is 1.95. The van der Waals surface area contributed by atoms with Gasteiger partial charge in [0.15, 0.2) is 0 Å². The number of hydrogen-bond acceptors (Lipinski definition) is 4. The van der Waals surface area contributed by atoms with Crippen LogP contribution in [0.3, 0.4) is 0 Å². The van der Waals surface area contributed by atoms with E-state index in [9.17, 15) is 4.79 Å². The number of thiophene rings is 1. The Morgan fingerprint density at radius 3 is 2.95 bits per heavy atom. The average molecular weight is 318 g/mol. The first-order chi connectivity index (χ1) is 10.6. The third-order valence-electron chi connectivity index (χ3n) is 4.26. The third-order valence-corrected chi connectivity index (χ3v) is 5.12. The molecule has 0 spiro atoms. The summed E-state index contributed by atoms with van der Waals surface area (Å²) >= 11 is 1.50. The third kappa shape index (κ3) is 2.94. The standard InChI is InChI=1S/C16H22N4OS/c1-12(2)18(3)10-13-9-17-15-11-19(6-7-20(13)15)16(21)14-5-4-8-22-14/h4-5,8-9,12H,6-7,10-11H2,1-3H3. The molecular formula is C16H22N4OS. The summed E-state index contributed by atoms with van der Waals surface area (Å²) in [5.74, 6) is 1.11. The molecule has 0 saturated heterocycles. The molecule has 2 aromatic rings. The van der Waals surface area contributed by atoms with Crippen LogP contribution in [0.15, 0.2) is 23.7 Å². The SMILES string of the molecule is CC(C)N(C)Cc1cnc2n1CCN(C(=O)c1cccs1)C2. The van der Waals surface area contributed by atoms with Gasteiger partial charge in [0.25, 0.3) is 5.91 Å². The Balaban J connectivity index is 1.72. The van der Waals surface area contributed by atoms with Gasteiger partial charge in [0.2, 0.25) is 0 Å². The van der Waals surface area contributed by atoms with E-state index in [1.165, 1.54) is 17.0 Å². The number of amides is 1. The molecule has 0 atom stereocenters. The molecule has 1 aliphatic heterocycles. The molecule has 0 aromatic carbocycles. The normalized spacial score (nSPS) is 14.7. The molecule has 3 heterocycles. The van der Waals surface area contributed by atoms with E-state index in [2.05, 4.69) is 35.3 Å². The number of nitrogens with zero attached hydrogens (tertiary/aromatic N) is 4. The largest absolute Gasteiger partial charge is 0.329 e. The Morgan fingerprint density at radius 1 is 1.45 bits per heavy atom. The molecule has 0 bridgehead atoms. The van der Waals surface area contributed by atoms with Crippen LogP contribution in [-0.4, -0.2) is 44.9 Å². The number of carbonyl (C=O) groups is 1. The zero-order valence-electron chi connectivity index (χ0n) is 13.3. The van der Waals surface area contributed by atoms with Gasteiger partial charge in [-0.05, 0) is 32.3 Å². The summed E-state index contributed by atoms with van der Waals surface area (Å²) in [4.78, 5) is 22.0. The van der Waals surface area contributed by atoms with Gasteiger partial charge in [-0.2, -0.15) is 0 Å². The Bertz CT molecular complexity index is 647. The molecule has 0 unspecified atom stereocenters.